The number of H-pyrrole nitrogens is 1. The molecule has 130 valence electrons. The minimum atomic E-state index is 0.834. The van der Waals surface area contributed by atoms with E-state index in [0.29, 0.717) is 0 Å². The molecular weight excluding hydrogens is 302 g/mol. The Labute approximate surface area is 152 Å². The van der Waals surface area contributed by atoms with Crippen molar-refractivity contribution in [2.75, 3.05) is 0 Å². The molecule has 1 nitrogen and oxygen atoms in total. The van der Waals surface area contributed by atoms with Crippen molar-refractivity contribution in [2.24, 2.45) is 0 Å². The second-order valence-corrected chi connectivity index (χ2v) is 6.70. The summed E-state index contributed by atoms with van der Waals surface area (Å²) in [6.45, 7) is 12.5. The zero-order valence-electron chi connectivity index (χ0n) is 15.9. The molecule has 1 aromatic carbocycles. The summed E-state index contributed by atoms with van der Waals surface area (Å²) in [5.41, 5.74) is 7.52. The van der Waals surface area contributed by atoms with Gasteiger partial charge in [-0.3, -0.25) is 0 Å². The summed E-state index contributed by atoms with van der Waals surface area (Å²) in [6.07, 6.45) is 10.5. The van der Waals surface area contributed by atoms with Gasteiger partial charge >= 0.3 is 0 Å². The molecule has 1 aromatic heterocycles. The standard InChI is InChI=1S/C24H29N/c1-6-12-22-21(15-11-10-13-18(2)3)24-20(5)17-19(4)14-8-7-9-16-23(24)25-22/h6-9,11,13-17,25H,1,10,12H2,2-5H3/b8-7?,9-7?,14-8?,15-11-,16-9?,19-14?,19-17?,20-17?,23-16?,24-20?. The normalized spacial score (nSPS) is 10.7. The highest BCUT2D eigenvalue weighted by atomic mass is 14.7. The first-order chi connectivity index (χ1) is 12.0. The van der Waals surface area contributed by atoms with Crippen LogP contribution in [0, 0.1) is 13.8 Å². The van der Waals surface area contributed by atoms with Crippen LogP contribution in [0.1, 0.15) is 42.7 Å². The summed E-state index contributed by atoms with van der Waals surface area (Å²) >= 11 is 0. The van der Waals surface area contributed by atoms with Crippen LogP contribution in [0.4, 0.5) is 0 Å². The number of nitrogens with one attached hydrogen (secondary N) is 1. The molecule has 25 heavy (non-hydrogen) atoms. The lowest BCUT2D eigenvalue weighted by Crippen LogP contribution is -1.84. The summed E-state index contributed by atoms with van der Waals surface area (Å²) < 4.78 is 0. The van der Waals surface area contributed by atoms with Crippen LogP contribution in [0.3, 0.4) is 0 Å². The van der Waals surface area contributed by atoms with Gasteiger partial charge in [-0.2, -0.15) is 0 Å². The highest BCUT2D eigenvalue weighted by Crippen LogP contribution is 2.26. The van der Waals surface area contributed by atoms with E-state index in [1.165, 1.54) is 33.3 Å². The second kappa shape index (κ2) is 9.08. The first kappa shape index (κ1) is 18.8. The van der Waals surface area contributed by atoms with Crippen molar-refractivity contribution in [2.45, 2.75) is 40.5 Å². The van der Waals surface area contributed by atoms with Gasteiger partial charge < -0.3 is 4.98 Å². The monoisotopic (exact) mass is 331 g/mol. The number of hydrogen-bond acceptors (Lipinski definition) is 0. The Kier molecular flexibility index (Phi) is 6.82. The fourth-order valence-electron chi connectivity index (χ4n) is 3.00. The minimum Gasteiger partial charge on any atom is -0.358 e. The van der Waals surface area contributed by atoms with Gasteiger partial charge in [0, 0.05) is 28.6 Å². The van der Waals surface area contributed by atoms with E-state index in [-0.39, 0.29) is 0 Å². The quantitative estimate of drug-likeness (QED) is 0.567. The average molecular weight is 332 g/mol. The van der Waals surface area contributed by atoms with Gasteiger partial charge in [0.05, 0.1) is 0 Å². The van der Waals surface area contributed by atoms with Crippen molar-refractivity contribution < 1.29 is 0 Å². The third kappa shape index (κ3) is 5.22. The maximum absolute atomic E-state index is 3.91. The minimum absolute atomic E-state index is 0.834. The Hall–Kier alpha value is -2.54. The van der Waals surface area contributed by atoms with Crippen LogP contribution < -0.4 is 0 Å². The van der Waals surface area contributed by atoms with Crippen molar-refractivity contribution in [3.63, 3.8) is 0 Å². The number of allylic oxidation sites excluding steroid dienone is 4. The van der Waals surface area contributed by atoms with E-state index in [1.807, 2.05) is 6.08 Å². The molecular formula is C24H29N. The van der Waals surface area contributed by atoms with Gasteiger partial charge in [0.1, 0.15) is 0 Å². The van der Waals surface area contributed by atoms with E-state index in [0.717, 1.165) is 18.4 Å². The van der Waals surface area contributed by atoms with Gasteiger partial charge in [-0.15, -0.1) is 6.58 Å². The zero-order valence-corrected chi connectivity index (χ0v) is 15.9. The number of aromatic amines is 1. The molecule has 1 N–H and O–H groups in total. The number of fused-ring (bicyclic) bond motifs is 1. The predicted octanol–water partition coefficient (Wildman–Crippen LogP) is 7.01. The molecule has 0 spiro atoms. The van der Waals surface area contributed by atoms with Gasteiger partial charge in [0.2, 0.25) is 0 Å². The lowest BCUT2D eigenvalue weighted by atomic mass is 10.0. The lowest BCUT2D eigenvalue weighted by Gasteiger charge is -1.99. The van der Waals surface area contributed by atoms with Crippen LogP contribution >= 0.6 is 0 Å². The first-order valence-corrected chi connectivity index (χ1v) is 8.89. The molecule has 0 fully saturated rings. The lowest BCUT2D eigenvalue weighted by molar-refractivity contribution is 1.17. The summed E-state index contributed by atoms with van der Waals surface area (Å²) in [5, 5.41) is 1.28. The maximum atomic E-state index is 3.91. The van der Waals surface area contributed by atoms with Crippen molar-refractivity contribution in [3.05, 3.63) is 89.2 Å². The molecule has 0 radical (unpaired) electrons. The van der Waals surface area contributed by atoms with Gasteiger partial charge in [-0.25, -0.2) is 0 Å². The van der Waals surface area contributed by atoms with Crippen molar-refractivity contribution in [3.8, 4) is 0 Å². The topological polar surface area (TPSA) is 15.8 Å². The Morgan fingerprint density at radius 2 is 1.88 bits per heavy atom. The number of rotatable bonds is 5. The molecule has 0 amide bonds. The molecule has 0 saturated heterocycles. The van der Waals surface area contributed by atoms with Crippen LogP contribution in [-0.4, -0.2) is 4.98 Å². The molecule has 0 aliphatic carbocycles. The molecule has 0 aliphatic rings. The van der Waals surface area contributed by atoms with Gasteiger partial charge in [0.25, 0.3) is 0 Å². The van der Waals surface area contributed by atoms with Crippen molar-refractivity contribution in [1.29, 1.82) is 0 Å². The third-order valence-corrected chi connectivity index (χ3v) is 4.13. The van der Waals surface area contributed by atoms with E-state index in [9.17, 15) is 0 Å². The Bertz CT molecular complexity index is 857. The summed E-state index contributed by atoms with van der Waals surface area (Å²) in [6, 6.07) is 12.8. The molecule has 2 rings (SSSR count). The number of hydrogen-bond donors (Lipinski definition) is 1. The third-order valence-electron chi connectivity index (χ3n) is 4.13. The Morgan fingerprint density at radius 3 is 2.60 bits per heavy atom. The molecule has 0 aliphatic heterocycles. The van der Waals surface area contributed by atoms with Crippen LogP contribution in [0.5, 0.6) is 0 Å². The van der Waals surface area contributed by atoms with E-state index in [1.54, 1.807) is 0 Å². The summed E-state index contributed by atoms with van der Waals surface area (Å²) in [4.78, 5) is 3.60. The van der Waals surface area contributed by atoms with Crippen LogP contribution in [0.25, 0.3) is 17.0 Å². The first-order valence-electron chi connectivity index (χ1n) is 8.89. The summed E-state index contributed by atoms with van der Waals surface area (Å²) in [7, 11) is 0. The molecule has 0 unspecified atom stereocenters. The van der Waals surface area contributed by atoms with Crippen molar-refractivity contribution >= 4 is 17.0 Å². The fraction of sp³-hybridized carbons (Fsp3) is 0.250. The highest BCUT2D eigenvalue weighted by molar-refractivity contribution is 5.92. The van der Waals surface area contributed by atoms with E-state index in [2.05, 4.69) is 93.9 Å². The maximum Gasteiger partial charge on any atom is 0.0465 e. The molecule has 1 heteroatoms. The van der Waals surface area contributed by atoms with E-state index < -0.39 is 0 Å². The SMILES string of the molecule is C=CCc1[nH]c2cccccc(C)cc(C)c2c1/C=C\CC=C(C)C. The average Bonchev–Trinajstić information content (AvgIpc) is 2.88. The molecule has 2 aromatic rings. The number of aromatic nitrogens is 1. The zero-order chi connectivity index (χ0) is 18.2. The Balaban J connectivity index is 2.73. The van der Waals surface area contributed by atoms with E-state index in [4.69, 9.17) is 0 Å². The van der Waals surface area contributed by atoms with Crippen LogP contribution in [0.2, 0.25) is 0 Å². The molecule has 0 bridgehead atoms. The van der Waals surface area contributed by atoms with Gasteiger partial charge in [0.15, 0.2) is 0 Å². The fourth-order valence-corrected chi connectivity index (χ4v) is 3.00. The number of aryl methyl sites for hydroxylation is 2. The molecule has 1 heterocycles. The summed E-state index contributed by atoms with van der Waals surface area (Å²) in [5.74, 6) is 0. The predicted molar refractivity (Wildman–Crippen MR) is 112 cm³/mol. The van der Waals surface area contributed by atoms with Crippen molar-refractivity contribution in [1.82, 2.24) is 4.98 Å². The van der Waals surface area contributed by atoms with Gasteiger partial charge in [-0.1, -0.05) is 65.8 Å². The molecule has 0 saturated carbocycles. The van der Waals surface area contributed by atoms with Gasteiger partial charge in [-0.05, 0) is 45.7 Å². The smallest absolute Gasteiger partial charge is 0.0465 e. The molecule has 0 atom stereocenters. The van der Waals surface area contributed by atoms with E-state index >= 15 is 0 Å². The Morgan fingerprint density at radius 1 is 1.12 bits per heavy atom. The van der Waals surface area contributed by atoms with Crippen LogP contribution in [0.15, 0.2) is 66.8 Å². The second-order valence-electron chi connectivity index (χ2n) is 6.70. The highest BCUT2D eigenvalue weighted by Gasteiger charge is 2.08. The van der Waals surface area contributed by atoms with Crippen LogP contribution in [-0.2, 0) is 6.42 Å². The largest absolute Gasteiger partial charge is 0.358 e.